The second kappa shape index (κ2) is 7.16. The Morgan fingerprint density at radius 1 is 0.970 bits per heavy atom. The molecule has 0 aliphatic carbocycles. The van der Waals surface area contributed by atoms with E-state index >= 15 is 0 Å². The van der Waals surface area contributed by atoms with Crippen molar-refractivity contribution >= 4 is 44.8 Å². The van der Waals surface area contributed by atoms with E-state index in [2.05, 4.69) is 4.57 Å². The highest BCUT2D eigenvalue weighted by atomic mass is 16.5. The number of para-hydroxylation sites is 2. The summed E-state index contributed by atoms with van der Waals surface area (Å²) in [6.07, 6.45) is 3.55. The number of fused-ring (bicyclic) bond motifs is 4. The number of hydrogen-bond donors (Lipinski definition) is 2. The van der Waals surface area contributed by atoms with Gasteiger partial charge in [-0.2, -0.15) is 0 Å². The van der Waals surface area contributed by atoms with Crippen LogP contribution in [0.25, 0.3) is 33.0 Å². The SMILES string of the molecule is Cn1cc(C2=C(c3c4n(c5ccccc35)CCC(CN)C4)C(=O)N(O)C2=O)c2ccccc21. The lowest BCUT2D eigenvalue weighted by atomic mass is 9.89. The molecule has 166 valence electrons. The molecule has 0 saturated heterocycles. The molecule has 2 aliphatic rings. The summed E-state index contributed by atoms with van der Waals surface area (Å²) in [6.45, 7) is 1.37. The van der Waals surface area contributed by atoms with E-state index in [9.17, 15) is 14.8 Å². The molecular weight excluding hydrogens is 416 g/mol. The topological polar surface area (TPSA) is 93.5 Å². The van der Waals surface area contributed by atoms with Crippen LogP contribution < -0.4 is 5.73 Å². The average Bonchev–Trinajstić information content (AvgIpc) is 3.42. The van der Waals surface area contributed by atoms with E-state index in [4.69, 9.17) is 5.73 Å². The van der Waals surface area contributed by atoms with Crippen molar-refractivity contribution in [2.24, 2.45) is 18.7 Å². The van der Waals surface area contributed by atoms with E-state index < -0.39 is 11.8 Å². The Bertz CT molecular complexity index is 1510. The highest BCUT2D eigenvalue weighted by Crippen LogP contribution is 2.44. The van der Waals surface area contributed by atoms with Gasteiger partial charge >= 0.3 is 0 Å². The lowest BCUT2D eigenvalue weighted by molar-refractivity contribution is -0.168. The van der Waals surface area contributed by atoms with Crippen molar-refractivity contribution in [2.45, 2.75) is 19.4 Å². The van der Waals surface area contributed by atoms with Gasteiger partial charge in [0.1, 0.15) is 0 Å². The molecule has 4 aromatic rings. The standard InChI is InChI=1S/C26H24N4O3/c1-28-14-18(16-6-2-4-8-19(16)28)23-24(26(32)30(33)25(23)31)22-17-7-3-5-9-20(17)29-11-10-15(13-27)12-21(22)29/h2-9,14-15,33H,10-13,27H2,1H3. The second-order valence-corrected chi connectivity index (χ2v) is 8.93. The Hall–Kier alpha value is -3.68. The molecule has 2 aromatic carbocycles. The first-order valence-electron chi connectivity index (χ1n) is 11.2. The van der Waals surface area contributed by atoms with Gasteiger partial charge in [-0.3, -0.25) is 14.8 Å². The van der Waals surface area contributed by atoms with Gasteiger partial charge in [0.15, 0.2) is 0 Å². The Labute approximate surface area is 190 Å². The van der Waals surface area contributed by atoms with E-state index in [1.807, 2.05) is 66.3 Å². The number of benzene rings is 2. The van der Waals surface area contributed by atoms with Crippen LogP contribution in [0.4, 0.5) is 0 Å². The van der Waals surface area contributed by atoms with Crippen molar-refractivity contribution < 1.29 is 14.8 Å². The van der Waals surface area contributed by atoms with Crippen LogP contribution in [0.15, 0.2) is 54.7 Å². The molecule has 1 atom stereocenters. The molecule has 2 aliphatic heterocycles. The maximum Gasteiger partial charge on any atom is 0.286 e. The van der Waals surface area contributed by atoms with Crippen LogP contribution in [0.1, 0.15) is 23.2 Å². The largest absolute Gasteiger partial charge is 0.350 e. The number of imide groups is 1. The predicted molar refractivity (Wildman–Crippen MR) is 126 cm³/mol. The second-order valence-electron chi connectivity index (χ2n) is 8.93. The monoisotopic (exact) mass is 440 g/mol. The minimum atomic E-state index is -0.693. The number of carbonyl (C=O) groups excluding carboxylic acids is 2. The number of amides is 2. The number of nitrogens with two attached hydrogens (primary N) is 1. The van der Waals surface area contributed by atoms with Crippen LogP contribution >= 0.6 is 0 Å². The number of rotatable bonds is 3. The van der Waals surface area contributed by atoms with Crippen molar-refractivity contribution in [2.75, 3.05) is 6.54 Å². The van der Waals surface area contributed by atoms with E-state index in [0.717, 1.165) is 52.4 Å². The van der Waals surface area contributed by atoms with Crippen LogP contribution in [-0.2, 0) is 29.6 Å². The smallest absolute Gasteiger partial charge is 0.286 e. The summed E-state index contributed by atoms with van der Waals surface area (Å²) in [5, 5.41) is 12.5. The van der Waals surface area contributed by atoms with E-state index in [1.165, 1.54) is 0 Å². The molecule has 0 spiro atoms. The fourth-order valence-electron chi connectivity index (χ4n) is 5.53. The minimum Gasteiger partial charge on any atom is -0.350 e. The van der Waals surface area contributed by atoms with Crippen LogP contribution in [-0.4, -0.2) is 37.8 Å². The third-order valence-electron chi connectivity index (χ3n) is 7.13. The van der Waals surface area contributed by atoms with Gasteiger partial charge in [-0.25, -0.2) is 0 Å². The zero-order valence-corrected chi connectivity index (χ0v) is 18.3. The molecule has 2 amide bonds. The Kier molecular flexibility index (Phi) is 4.33. The quantitative estimate of drug-likeness (QED) is 0.378. The molecule has 4 heterocycles. The lowest BCUT2D eigenvalue weighted by Crippen LogP contribution is -2.28. The highest BCUT2D eigenvalue weighted by Gasteiger charge is 2.43. The molecule has 6 rings (SSSR count). The van der Waals surface area contributed by atoms with Gasteiger partial charge in [0.25, 0.3) is 11.8 Å². The molecule has 7 heteroatoms. The number of carbonyl (C=O) groups is 2. The minimum absolute atomic E-state index is 0.244. The third kappa shape index (κ3) is 2.70. The Balaban J connectivity index is 1.72. The van der Waals surface area contributed by atoms with Crippen LogP contribution in [0.2, 0.25) is 0 Å². The zero-order chi connectivity index (χ0) is 22.9. The maximum atomic E-state index is 13.4. The molecule has 3 N–H and O–H groups in total. The zero-order valence-electron chi connectivity index (χ0n) is 18.3. The van der Waals surface area contributed by atoms with E-state index in [1.54, 1.807) is 0 Å². The molecule has 0 radical (unpaired) electrons. The van der Waals surface area contributed by atoms with E-state index in [-0.39, 0.29) is 16.2 Å². The van der Waals surface area contributed by atoms with Gasteiger partial charge in [-0.05, 0) is 37.4 Å². The summed E-state index contributed by atoms with van der Waals surface area (Å²) < 4.78 is 4.17. The predicted octanol–water partition coefficient (Wildman–Crippen LogP) is 3.32. The average molecular weight is 441 g/mol. The summed E-state index contributed by atoms with van der Waals surface area (Å²) in [6, 6.07) is 15.7. The molecule has 0 fully saturated rings. The number of aryl methyl sites for hydroxylation is 2. The Morgan fingerprint density at radius 2 is 1.64 bits per heavy atom. The van der Waals surface area contributed by atoms with E-state index in [0.29, 0.717) is 18.0 Å². The van der Waals surface area contributed by atoms with Crippen LogP contribution in [0, 0.1) is 5.92 Å². The lowest BCUT2D eigenvalue weighted by Gasteiger charge is -2.25. The molecular formula is C26H24N4O3. The van der Waals surface area contributed by atoms with Crippen LogP contribution in [0.3, 0.4) is 0 Å². The highest BCUT2D eigenvalue weighted by molar-refractivity contribution is 6.50. The number of aromatic nitrogens is 2. The van der Waals surface area contributed by atoms with Gasteiger partial charge in [-0.15, -0.1) is 5.06 Å². The molecule has 0 saturated carbocycles. The molecule has 7 nitrogen and oxygen atoms in total. The van der Waals surface area contributed by atoms with Gasteiger partial charge in [0, 0.05) is 58.4 Å². The first-order chi connectivity index (χ1) is 16.0. The first-order valence-corrected chi connectivity index (χ1v) is 11.2. The number of nitrogens with zero attached hydrogens (tertiary/aromatic N) is 3. The number of hydrogen-bond acceptors (Lipinski definition) is 4. The molecule has 33 heavy (non-hydrogen) atoms. The molecule has 2 aromatic heterocycles. The van der Waals surface area contributed by atoms with Gasteiger partial charge in [0.2, 0.25) is 0 Å². The van der Waals surface area contributed by atoms with Crippen LogP contribution in [0.5, 0.6) is 0 Å². The van der Waals surface area contributed by atoms with Crippen molar-refractivity contribution in [3.8, 4) is 0 Å². The Morgan fingerprint density at radius 3 is 2.39 bits per heavy atom. The molecule has 1 unspecified atom stereocenters. The maximum absolute atomic E-state index is 13.4. The van der Waals surface area contributed by atoms with Gasteiger partial charge < -0.3 is 14.9 Å². The summed E-state index contributed by atoms with van der Waals surface area (Å²) >= 11 is 0. The third-order valence-corrected chi connectivity index (χ3v) is 7.13. The normalized spacial score (nSPS) is 18.8. The van der Waals surface area contributed by atoms with Crippen molar-refractivity contribution in [1.29, 1.82) is 0 Å². The summed E-state index contributed by atoms with van der Waals surface area (Å²) in [7, 11) is 1.91. The van der Waals surface area contributed by atoms with Gasteiger partial charge in [-0.1, -0.05) is 36.4 Å². The fourth-order valence-corrected chi connectivity index (χ4v) is 5.53. The van der Waals surface area contributed by atoms with Crippen molar-refractivity contribution in [1.82, 2.24) is 14.2 Å². The molecule has 0 bridgehead atoms. The number of hydroxylamine groups is 2. The van der Waals surface area contributed by atoms with Crippen molar-refractivity contribution in [3.63, 3.8) is 0 Å². The van der Waals surface area contributed by atoms with Gasteiger partial charge in [0.05, 0.1) is 11.1 Å². The first kappa shape index (κ1) is 20.0. The van der Waals surface area contributed by atoms with Crippen molar-refractivity contribution in [3.05, 3.63) is 71.5 Å². The summed E-state index contributed by atoms with van der Waals surface area (Å²) in [5.74, 6) is -1.07. The summed E-state index contributed by atoms with van der Waals surface area (Å²) in [5.41, 5.74) is 10.9. The summed E-state index contributed by atoms with van der Waals surface area (Å²) in [4.78, 5) is 26.6. The fraction of sp³-hybridized carbons (Fsp3) is 0.231.